The van der Waals surface area contributed by atoms with E-state index in [1.807, 2.05) is 0 Å². The third-order valence-corrected chi connectivity index (χ3v) is 3.53. The second-order valence-electron chi connectivity index (χ2n) is 4.78. The van der Waals surface area contributed by atoms with E-state index in [9.17, 15) is 9.59 Å². The minimum absolute atomic E-state index is 0.220. The van der Waals surface area contributed by atoms with Gasteiger partial charge in [-0.15, -0.1) is 0 Å². The third kappa shape index (κ3) is 1.89. The summed E-state index contributed by atoms with van der Waals surface area (Å²) in [7, 11) is 2.95. The number of benzene rings is 1. The van der Waals surface area contributed by atoms with E-state index in [0.29, 0.717) is 33.9 Å². The van der Waals surface area contributed by atoms with Gasteiger partial charge in [0.25, 0.3) is 0 Å². The van der Waals surface area contributed by atoms with Gasteiger partial charge in [-0.3, -0.25) is 14.6 Å². The number of hydrogen-bond donors (Lipinski definition) is 0. The zero-order chi connectivity index (χ0) is 15.1. The van der Waals surface area contributed by atoms with Gasteiger partial charge in [-0.1, -0.05) is 0 Å². The zero-order valence-corrected chi connectivity index (χ0v) is 11.9. The van der Waals surface area contributed by atoms with Crippen LogP contribution in [0.5, 0.6) is 11.5 Å². The number of ether oxygens (including phenoxy) is 2. The van der Waals surface area contributed by atoms with Gasteiger partial charge in [0.05, 0.1) is 25.3 Å². The summed E-state index contributed by atoms with van der Waals surface area (Å²) in [5, 5.41) is 0. The average Bonchev–Trinajstić information content (AvgIpc) is 2.51. The van der Waals surface area contributed by atoms with E-state index in [2.05, 4.69) is 4.98 Å². The summed E-state index contributed by atoms with van der Waals surface area (Å²) in [6.07, 6.45) is 1.44. The molecule has 0 N–H and O–H groups in total. The van der Waals surface area contributed by atoms with Crippen molar-refractivity contribution in [2.24, 2.45) is 0 Å². The van der Waals surface area contributed by atoms with Crippen LogP contribution in [0.4, 0.5) is 0 Å². The number of hydrogen-bond acceptors (Lipinski definition) is 5. The highest BCUT2D eigenvalue weighted by molar-refractivity contribution is 6.29. The lowest BCUT2D eigenvalue weighted by Gasteiger charge is -2.20. The molecule has 5 nitrogen and oxygen atoms in total. The minimum atomic E-state index is -0.258. The summed E-state index contributed by atoms with van der Waals surface area (Å²) in [5.74, 6) is 0.323. The highest BCUT2D eigenvalue weighted by Gasteiger charge is 2.33. The molecule has 2 aromatic rings. The van der Waals surface area contributed by atoms with Gasteiger partial charge in [-0.25, -0.2) is 0 Å². The Kier molecular flexibility index (Phi) is 2.97. The predicted molar refractivity (Wildman–Crippen MR) is 75.4 cm³/mol. The normalized spacial score (nSPS) is 12.7. The summed E-state index contributed by atoms with van der Waals surface area (Å²) < 4.78 is 10.4. The van der Waals surface area contributed by atoms with Gasteiger partial charge in [0.15, 0.2) is 11.6 Å². The Bertz CT molecular complexity index is 780. The summed E-state index contributed by atoms with van der Waals surface area (Å²) in [6, 6.07) is 4.79. The minimum Gasteiger partial charge on any atom is -0.497 e. The van der Waals surface area contributed by atoms with Crippen molar-refractivity contribution < 1.29 is 19.1 Å². The van der Waals surface area contributed by atoms with Crippen LogP contribution in [0.15, 0.2) is 24.4 Å². The third-order valence-electron chi connectivity index (χ3n) is 3.53. The summed E-state index contributed by atoms with van der Waals surface area (Å²) in [4.78, 5) is 29.4. The topological polar surface area (TPSA) is 65.5 Å². The molecule has 0 radical (unpaired) electrons. The number of carbonyl (C=O) groups is 2. The molecular weight excluding hydrogens is 270 g/mol. The smallest absolute Gasteiger partial charge is 0.199 e. The molecule has 0 fully saturated rings. The lowest BCUT2D eigenvalue weighted by molar-refractivity contribution is 0.0975. The molecule has 1 aliphatic carbocycles. The van der Waals surface area contributed by atoms with Crippen LogP contribution in [0, 0.1) is 6.92 Å². The molecule has 3 rings (SSSR count). The molecule has 0 spiro atoms. The number of aryl methyl sites for hydroxylation is 1. The molecule has 5 heteroatoms. The van der Waals surface area contributed by atoms with Gasteiger partial charge in [0.2, 0.25) is 0 Å². The number of methoxy groups -OCH3 is 2. The zero-order valence-electron chi connectivity index (χ0n) is 11.9. The molecule has 0 unspecified atom stereocenters. The first-order valence-electron chi connectivity index (χ1n) is 6.39. The molecular formula is C16H13NO4. The number of carbonyl (C=O) groups excluding carboxylic acids is 2. The van der Waals surface area contributed by atoms with E-state index in [1.54, 1.807) is 25.1 Å². The Balaban J connectivity index is 2.32. The molecule has 1 aromatic heterocycles. The Morgan fingerprint density at radius 1 is 0.905 bits per heavy atom. The second-order valence-corrected chi connectivity index (χ2v) is 4.78. The Morgan fingerprint density at radius 2 is 1.67 bits per heavy atom. The highest BCUT2D eigenvalue weighted by Crippen LogP contribution is 2.36. The summed E-state index contributed by atoms with van der Waals surface area (Å²) >= 11 is 0. The Hall–Kier alpha value is -2.69. The number of pyridine rings is 1. The first kappa shape index (κ1) is 13.3. The van der Waals surface area contributed by atoms with Crippen LogP contribution in [0.25, 0.3) is 0 Å². The first-order valence-corrected chi connectivity index (χ1v) is 6.39. The molecule has 0 bridgehead atoms. The second kappa shape index (κ2) is 4.70. The molecule has 0 saturated heterocycles. The van der Waals surface area contributed by atoms with Crippen molar-refractivity contribution >= 4 is 11.6 Å². The molecule has 1 aromatic carbocycles. The maximum Gasteiger partial charge on any atom is 0.199 e. The molecule has 1 aliphatic rings. The lowest BCUT2D eigenvalue weighted by Crippen LogP contribution is -2.22. The number of nitrogens with zero attached hydrogens (tertiary/aromatic N) is 1. The number of rotatable bonds is 2. The van der Waals surface area contributed by atoms with E-state index in [4.69, 9.17) is 9.47 Å². The largest absolute Gasteiger partial charge is 0.497 e. The maximum absolute atomic E-state index is 12.7. The van der Waals surface area contributed by atoms with E-state index < -0.39 is 0 Å². The van der Waals surface area contributed by atoms with Crippen molar-refractivity contribution in [2.75, 3.05) is 14.2 Å². The Labute approximate surface area is 121 Å². The van der Waals surface area contributed by atoms with Crippen LogP contribution in [0.3, 0.4) is 0 Å². The predicted octanol–water partition coefficient (Wildman–Crippen LogP) is 2.18. The van der Waals surface area contributed by atoms with Crippen molar-refractivity contribution in [2.45, 2.75) is 6.92 Å². The molecule has 0 amide bonds. The number of ketones is 2. The van der Waals surface area contributed by atoms with E-state index in [0.717, 1.165) is 0 Å². The lowest BCUT2D eigenvalue weighted by atomic mass is 9.84. The number of fused-ring (bicyclic) bond motifs is 2. The van der Waals surface area contributed by atoms with E-state index in [1.165, 1.54) is 20.4 Å². The van der Waals surface area contributed by atoms with E-state index in [-0.39, 0.29) is 17.1 Å². The van der Waals surface area contributed by atoms with Crippen LogP contribution < -0.4 is 9.47 Å². The molecule has 0 aliphatic heterocycles. The molecule has 1 heterocycles. The fourth-order valence-corrected chi connectivity index (χ4v) is 2.49. The summed E-state index contributed by atoms with van der Waals surface area (Å²) in [6.45, 7) is 1.78. The molecule has 21 heavy (non-hydrogen) atoms. The van der Waals surface area contributed by atoms with Gasteiger partial charge in [-0.05, 0) is 19.1 Å². The fraction of sp³-hybridized carbons (Fsp3) is 0.188. The van der Waals surface area contributed by atoms with Crippen LogP contribution >= 0.6 is 0 Å². The van der Waals surface area contributed by atoms with Crippen LogP contribution in [0.2, 0.25) is 0 Å². The average molecular weight is 283 g/mol. The highest BCUT2D eigenvalue weighted by atomic mass is 16.5. The van der Waals surface area contributed by atoms with Crippen molar-refractivity contribution in [1.29, 1.82) is 0 Å². The summed E-state index contributed by atoms with van der Waals surface area (Å²) in [5.41, 5.74) is 1.93. The van der Waals surface area contributed by atoms with Gasteiger partial charge < -0.3 is 9.47 Å². The van der Waals surface area contributed by atoms with Crippen LogP contribution in [0.1, 0.15) is 37.5 Å². The van der Waals surface area contributed by atoms with Gasteiger partial charge in [-0.2, -0.15) is 0 Å². The van der Waals surface area contributed by atoms with Gasteiger partial charge >= 0.3 is 0 Å². The molecule has 0 saturated carbocycles. The quantitative estimate of drug-likeness (QED) is 0.721. The maximum atomic E-state index is 12.7. The van der Waals surface area contributed by atoms with Crippen molar-refractivity contribution in [3.63, 3.8) is 0 Å². The standard InChI is InChI=1S/C16H13NO4/c1-8-4-10-12(7-17-8)16(19)14-11(15(10)18)5-9(20-2)6-13(14)21-3/h4-7H,1-3H3. The van der Waals surface area contributed by atoms with Crippen LogP contribution in [-0.2, 0) is 0 Å². The number of aromatic nitrogens is 1. The van der Waals surface area contributed by atoms with Crippen molar-refractivity contribution in [3.8, 4) is 11.5 Å². The van der Waals surface area contributed by atoms with Gasteiger partial charge in [0.1, 0.15) is 11.5 Å². The van der Waals surface area contributed by atoms with Crippen molar-refractivity contribution in [1.82, 2.24) is 4.98 Å². The van der Waals surface area contributed by atoms with Gasteiger partial charge in [0, 0.05) is 29.1 Å². The van der Waals surface area contributed by atoms with E-state index >= 15 is 0 Å². The van der Waals surface area contributed by atoms with Crippen molar-refractivity contribution in [3.05, 3.63) is 52.3 Å². The fourth-order valence-electron chi connectivity index (χ4n) is 2.49. The van der Waals surface area contributed by atoms with Crippen LogP contribution in [-0.4, -0.2) is 30.8 Å². The monoisotopic (exact) mass is 283 g/mol. The molecule has 0 atom stereocenters. The molecule has 106 valence electrons. The first-order chi connectivity index (χ1) is 10.1. The Morgan fingerprint density at radius 3 is 2.33 bits per heavy atom. The SMILES string of the molecule is COc1cc(OC)c2c(c1)C(=O)c1cc(C)ncc1C2=O.